The molecular weight excluding hydrogens is 234 g/mol. The Balaban J connectivity index is 2.12. The van der Waals surface area contributed by atoms with Gasteiger partial charge in [0.2, 0.25) is 0 Å². The standard InChI is InChI=1S/C16H27N3/c1-4-9-17-15(12(2)3)10-16-13-7-5-6-8-14(13)18-11-19-16/h11-12,15,17H,4-10H2,1-3H3. The highest BCUT2D eigenvalue weighted by Gasteiger charge is 2.20. The molecule has 1 heterocycles. The molecule has 1 aliphatic carbocycles. The maximum Gasteiger partial charge on any atom is 0.115 e. The second kappa shape index (κ2) is 6.99. The van der Waals surface area contributed by atoms with Crippen molar-refractivity contribution >= 4 is 0 Å². The number of aromatic nitrogens is 2. The van der Waals surface area contributed by atoms with E-state index < -0.39 is 0 Å². The minimum atomic E-state index is 0.529. The minimum Gasteiger partial charge on any atom is -0.313 e. The van der Waals surface area contributed by atoms with Crippen LogP contribution in [0.3, 0.4) is 0 Å². The number of nitrogens with zero attached hydrogens (tertiary/aromatic N) is 2. The molecule has 1 aromatic heterocycles. The highest BCUT2D eigenvalue weighted by atomic mass is 14.9. The molecule has 0 radical (unpaired) electrons. The molecule has 0 aromatic carbocycles. The summed E-state index contributed by atoms with van der Waals surface area (Å²) in [5.74, 6) is 0.640. The third kappa shape index (κ3) is 3.75. The molecule has 106 valence electrons. The molecule has 0 saturated carbocycles. The summed E-state index contributed by atoms with van der Waals surface area (Å²) in [4.78, 5) is 9.03. The highest BCUT2D eigenvalue weighted by Crippen LogP contribution is 2.23. The number of fused-ring (bicyclic) bond motifs is 1. The first kappa shape index (κ1) is 14.4. The van der Waals surface area contributed by atoms with Crippen molar-refractivity contribution in [2.24, 2.45) is 5.92 Å². The van der Waals surface area contributed by atoms with Gasteiger partial charge in [0.25, 0.3) is 0 Å². The molecule has 1 aliphatic rings. The lowest BCUT2D eigenvalue weighted by molar-refractivity contribution is 0.392. The Morgan fingerprint density at radius 2 is 2.00 bits per heavy atom. The summed E-state index contributed by atoms with van der Waals surface area (Å²) in [6.07, 6.45) is 8.88. The molecule has 19 heavy (non-hydrogen) atoms. The molecule has 3 nitrogen and oxygen atoms in total. The van der Waals surface area contributed by atoms with Crippen LogP contribution in [-0.2, 0) is 19.3 Å². The Hall–Kier alpha value is -0.960. The second-order valence-electron chi connectivity index (χ2n) is 5.96. The zero-order valence-electron chi connectivity index (χ0n) is 12.6. The smallest absolute Gasteiger partial charge is 0.115 e. The predicted molar refractivity (Wildman–Crippen MR) is 79.3 cm³/mol. The molecule has 0 bridgehead atoms. The first-order chi connectivity index (χ1) is 9.22. The lowest BCUT2D eigenvalue weighted by atomic mass is 9.90. The summed E-state index contributed by atoms with van der Waals surface area (Å²) in [6.45, 7) is 7.90. The lowest BCUT2D eigenvalue weighted by Gasteiger charge is -2.24. The molecule has 0 fully saturated rings. The summed E-state index contributed by atoms with van der Waals surface area (Å²) in [6, 6.07) is 0.529. The van der Waals surface area contributed by atoms with Crippen LogP contribution < -0.4 is 5.32 Å². The van der Waals surface area contributed by atoms with Crippen LogP contribution in [-0.4, -0.2) is 22.6 Å². The first-order valence-corrected chi connectivity index (χ1v) is 7.77. The van der Waals surface area contributed by atoms with E-state index in [4.69, 9.17) is 0 Å². The molecule has 1 atom stereocenters. The Morgan fingerprint density at radius 1 is 1.21 bits per heavy atom. The molecule has 0 aliphatic heterocycles. The summed E-state index contributed by atoms with van der Waals surface area (Å²) in [7, 11) is 0. The van der Waals surface area contributed by atoms with E-state index in [9.17, 15) is 0 Å². The highest BCUT2D eigenvalue weighted by molar-refractivity contribution is 5.27. The average Bonchev–Trinajstić information content (AvgIpc) is 2.43. The van der Waals surface area contributed by atoms with Gasteiger partial charge < -0.3 is 5.32 Å². The van der Waals surface area contributed by atoms with Gasteiger partial charge in [-0.25, -0.2) is 9.97 Å². The first-order valence-electron chi connectivity index (χ1n) is 7.77. The second-order valence-corrected chi connectivity index (χ2v) is 5.96. The molecular formula is C16H27N3. The average molecular weight is 261 g/mol. The zero-order chi connectivity index (χ0) is 13.7. The SMILES string of the molecule is CCCNC(Cc1ncnc2c1CCCC2)C(C)C. The van der Waals surface area contributed by atoms with Crippen LogP contribution in [0.2, 0.25) is 0 Å². The molecule has 1 N–H and O–H groups in total. The molecule has 0 saturated heterocycles. The van der Waals surface area contributed by atoms with Crippen molar-refractivity contribution in [3.8, 4) is 0 Å². The Morgan fingerprint density at radius 3 is 2.74 bits per heavy atom. The summed E-state index contributed by atoms with van der Waals surface area (Å²) >= 11 is 0. The number of hydrogen-bond acceptors (Lipinski definition) is 3. The third-order valence-corrected chi connectivity index (χ3v) is 4.09. The van der Waals surface area contributed by atoms with Crippen molar-refractivity contribution < 1.29 is 0 Å². The monoisotopic (exact) mass is 261 g/mol. The lowest BCUT2D eigenvalue weighted by Crippen LogP contribution is -2.37. The van der Waals surface area contributed by atoms with E-state index in [-0.39, 0.29) is 0 Å². The van der Waals surface area contributed by atoms with Gasteiger partial charge in [-0.1, -0.05) is 20.8 Å². The van der Waals surface area contributed by atoms with Crippen molar-refractivity contribution in [3.05, 3.63) is 23.3 Å². The van der Waals surface area contributed by atoms with E-state index in [1.165, 1.54) is 42.6 Å². The van der Waals surface area contributed by atoms with Crippen molar-refractivity contribution in [1.82, 2.24) is 15.3 Å². The van der Waals surface area contributed by atoms with Gasteiger partial charge in [-0.3, -0.25) is 0 Å². The van der Waals surface area contributed by atoms with Crippen molar-refractivity contribution in [2.45, 2.75) is 65.3 Å². The van der Waals surface area contributed by atoms with Gasteiger partial charge in [-0.15, -0.1) is 0 Å². The maximum atomic E-state index is 4.57. The molecule has 3 heteroatoms. The number of rotatable bonds is 6. The van der Waals surface area contributed by atoms with E-state index in [2.05, 4.69) is 36.1 Å². The largest absolute Gasteiger partial charge is 0.313 e. The van der Waals surface area contributed by atoms with E-state index in [1.807, 2.05) is 0 Å². The molecule has 2 rings (SSSR count). The van der Waals surface area contributed by atoms with Gasteiger partial charge in [0.15, 0.2) is 0 Å². The maximum absolute atomic E-state index is 4.57. The van der Waals surface area contributed by atoms with Gasteiger partial charge >= 0.3 is 0 Å². The van der Waals surface area contributed by atoms with E-state index in [0.29, 0.717) is 12.0 Å². The normalized spacial score (nSPS) is 16.4. The van der Waals surface area contributed by atoms with Crippen molar-refractivity contribution in [2.75, 3.05) is 6.54 Å². The van der Waals surface area contributed by atoms with Crippen LogP contribution >= 0.6 is 0 Å². The van der Waals surface area contributed by atoms with Gasteiger partial charge in [0.1, 0.15) is 6.33 Å². The number of nitrogens with one attached hydrogen (secondary N) is 1. The van der Waals surface area contributed by atoms with Gasteiger partial charge in [-0.05, 0) is 50.1 Å². The fraction of sp³-hybridized carbons (Fsp3) is 0.750. The molecule has 0 spiro atoms. The summed E-state index contributed by atoms with van der Waals surface area (Å²) < 4.78 is 0. The Kier molecular flexibility index (Phi) is 5.32. The zero-order valence-corrected chi connectivity index (χ0v) is 12.6. The summed E-state index contributed by atoms with van der Waals surface area (Å²) in [5.41, 5.74) is 4.03. The Labute approximate surface area is 117 Å². The third-order valence-electron chi connectivity index (χ3n) is 4.09. The fourth-order valence-corrected chi connectivity index (χ4v) is 2.85. The van der Waals surface area contributed by atoms with Crippen LogP contribution in [0.25, 0.3) is 0 Å². The minimum absolute atomic E-state index is 0.529. The number of hydrogen-bond donors (Lipinski definition) is 1. The van der Waals surface area contributed by atoms with Crippen molar-refractivity contribution in [3.63, 3.8) is 0 Å². The van der Waals surface area contributed by atoms with Gasteiger partial charge in [0.05, 0.1) is 0 Å². The van der Waals surface area contributed by atoms with Crippen LogP contribution in [0.15, 0.2) is 6.33 Å². The molecule has 0 amide bonds. The number of aryl methyl sites for hydroxylation is 1. The molecule has 1 unspecified atom stereocenters. The summed E-state index contributed by atoms with van der Waals surface area (Å²) in [5, 5.41) is 3.66. The van der Waals surface area contributed by atoms with Gasteiger partial charge in [-0.2, -0.15) is 0 Å². The fourth-order valence-electron chi connectivity index (χ4n) is 2.85. The topological polar surface area (TPSA) is 37.8 Å². The van der Waals surface area contributed by atoms with E-state index in [0.717, 1.165) is 19.4 Å². The van der Waals surface area contributed by atoms with Crippen LogP contribution in [0, 0.1) is 5.92 Å². The van der Waals surface area contributed by atoms with E-state index in [1.54, 1.807) is 6.33 Å². The van der Waals surface area contributed by atoms with Crippen LogP contribution in [0.4, 0.5) is 0 Å². The molecule has 1 aromatic rings. The van der Waals surface area contributed by atoms with Crippen LogP contribution in [0.5, 0.6) is 0 Å². The predicted octanol–water partition coefficient (Wildman–Crippen LogP) is 2.92. The van der Waals surface area contributed by atoms with E-state index >= 15 is 0 Å². The van der Waals surface area contributed by atoms with Gasteiger partial charge in [0, 0.05) is 23.9 Å². The quantitative estimate of drug-likeness (QED) is 0.855. The Bertz CT molecular complexity index is 401. The van der Waals surface area contributed by atoms with Crippen LogP contribution in [0.1, 0.15) is 57.0 Å². The van der Waals surface area contributed by atoms with Crippen molar-refractivity contribution in [1.29, 1.82) is 0 Å².